The van der Waals surface area contributed by atoms with E-state index in [2.05, 4.69) is 55.1 Å². The quantitative estimate of drug-likeness (QED) is 0.500. The minimum atomic E-state index is -5.08. The van der Waals surface area contributed by atoms with Crippen LogP contribution in [-0.4, -0.2) is 66.2 Å². The van der Waals surface area contributed by atoms with Crippen LogP contribution in [0, 0.1) is 0 Å². The maximum absolute atomic E-state index is 12.9. The summed E-state index contributed by atoms with van der Waals surface area (Å²) in [5.41, 5.74) is 4.51. The molecule has 6 nitrogen and oxygen atoms in total. The molecular weight excluding hydrogens is 497 g/mol. The number of carbonyl (C=O) groups excluding carboxylic acids is 1. The molecule has 1 atom stereocenters. The number of ether oxygens (including phenoxy) is 1. The van der Waals surface area contributed by atoms with Gasteiger partial charge >= 0.3 is 12.1 Å². The van der Waals surface area contributed by atoms with Crippen molar-refractivity contribution >= 4 is 11.9 Å². The molecule has 0 saturated carbocycles. The number of carboxylic acids is 1. The maximum atomic E-state index is 12.9. The lowest BCUT2D eigenvalue weighted by molar-refractivity contribution is -0.192. The van der Waals surface area contributed by atoms with Gasteiger partial charge in [0, 0.05) is 26.1 Å². The third-order valence-electron chi connectivity index (χ3n) is 7.77. The van der Waals surface area contributed by atoms with E-state index in [1.54, 1.807) is 7.11 Å². The Kier molecular flexibility index (Phi) is 9.82. The largest absolute Gasteiger partial charge is 0.497 e. The fourth-order valence-corrected chi connectivity index (χ4v) is 5.73. The van der Waals surface area contributed by atoms with Crippen LogP contribution in [0.2, 0.25) is 0 Å². The van der Waals surface area contributed by atoms with Crippen molar-refractivity contribution < 1.29 is 32.6 Å². The van der Waals surface area contributed by atoms with Crippen molar-refractivity contribution in [2.45, 2.75) is 63.6 Å². The molecule has 1 saturated heterocycles. The first-order valence-electron chi connectivity index (χ1n) is 13.1. The second-order valence-electron chi connectivity index (χ2n) is 9.97. The molecule has 1 unspecified atom stereocenters. The first kappa shape index (κ1) is 29.5. The summed E-state index contributed by atoms with van der Waals surface area (Å²) in [6.45, 7) is 8.96. The van der Waals surface area contributed by atoms with Crippen LogP contribution in [0.15, 0.2) is 48.5 Å². The van der Waals surface area contributed by atoms with E-state index in [0.29, 0.717) is 18.2 Å². The lowest BCUT2D eigenvalue weighted by Crippen LogP contribution is -2.41. The molecule has 38 heavy (non-hydrogen) atoms. The Morgan fingerprint density at radius 3 is 2.16 bits per heavy atom. The van der Waals surface area contributed by atoms with Crippen LogP contribution in [0.3, 0.4) is 0 Å². The number of methoxy groups -OCH3 is 1. The predicted octanol–water partition coefficient (Wildman–Crippen LogP) is 5.61. The molecule has 0 aromatic heterocycles. The standard InChI is InChI=1S/C27H36N2O2.C2HF3O2/c1-4-29(5-2)26(30)18-22-19-27(25-9-7-6-8-24(22)25)14-16-28(17-15-27)20-21-10-12-23(31-3)13-11-21;3-2(4,5)1(6)7/h6-13,22H,4-5,14-20H2,1-3H3;(H,6,7). The zero-order valence-corrected chi connectivity index (χ0v) is 22.3. The number of carbonyl (C=O) groups is 2. The molecule has 9 heteroatoms. The van der Waals surface area contributed by atoms with Crippen LogP contribution in [-0.2, 0) is 21.5 Å². The number of piperidine rings is 1. The van der Waals surface area contributed by atoms with Crippen molar-refractivity contribution in [2.75, 3.05) is 33.3 Å². The molecule has 1 aliphatic heterocycles. The Morgan fingerprint density at radius 1 is 1.05 bits per heavy atom. The summed E-state index contributed by atoms with van der Waals surface area (Å²) in [5.74, 6) is -1.18. The summed E-state index contributed by atoms with van der Waals surface area (Å²) >= 11 is 0. The van der Waals surface area contributed by atoms with Gasteiger partial charge in [-0.2, -0.15) is 13.2 Å². The molecule has 2 aromatic carbocycles. The topological polar surface area (TPSA) is 70.1 Å². The number of halogens is 3. The summed E-state index contributed by atoms with van der Waals surface area (Å²) in [4.78, 5) is 26.3. The van der Waals surface area contributed by atoms with Crippen LogP contribution in [0.4, 0.5) is 13.2 Å². The van der Waals surface area contributed by atoms with E-state index in [9.17, 15) is 18.0 Å². The average molecular weight is 535 g/mol. The summed E-state index contributed by atoms with van der Waals surface area (Å²) in [7, 11) is 1.71. The highest BCUT2D eigenvalue weighted by Gasteiger charge is 2.45. The second kappa shape index (κ2) is 12.7. The lowest BCUT2D eigenvalue weighted by atomic mass is 9.73. The van der Waals surface area contributed by atoms with Crippen LogP contribution >= 0.6 is 0 Å². The van der Waals surface area contributed by atoms with Crippen molar-refractivity contribution in [3.63, 3.8) is 0 Å². The normalized spacial score (nSPS) is 18.3. The van der Waals surface area contributed by atoms with E-state index in [4.69, 9.17) is 14.6 Å². The highest BCUT2D eigenvalue weighted by Crippen LogP contribution is 2.52. The van der Waals surface area contributed by atoms with Gasteiger partial charge in [0.15, 0.2) is 0 Å². The summed E-state index contributed by atoms with van der Waals surface area (Å²) in [6, 6.07) is 17.4. The SMILES string of the molecule is CCN(CC)C(=O)CC1CC2(CCN(Cc3ccc(OC)cc3)CC2)c2ccccc21.O=C(O)C(F)(F)F. The van der Waals surface area contributed by atoms with Gasteiger partial charge in [-0.05, 0) is 86.4 Å². The number of nitrogens with zero attached hydrogens (tertiary/aromatic N) is 2. The number of likely N-dealkylation sites (tertiary alicyclic amines) is 1. The van der Waals surface area contributed by atoms with Crippen molar-refractivity contribution in [1.82, 2.24) is 9.80 Å². The number of aliphatic carboxylic acids is 1. The molecule has 1 heterocycles. The van der Waals surface area contributed by atoms with Gasteiger partial charge in [0.25, 0.3) is 0 Å². The zero-order valence-electron chi connectivity index (χ0n) is 22.3. The van der Waals surface area contributed by atoms with Crippen molar-refractivity contribution in [1.29, 1.82) is 0 Å². The van der Waals surface area contributed by atoms with Crippen molar-refractivity contribution in [3.8, 4) is 5.75 Å². The second-order valence-corrected chi connectivity index (χ2v) is 9.97. The van der Waals surface area contributed by atoms with Gasteiger partial charge in [-0.25, -0.2) is 4.79 Å². The van der Waals surface area contributed by atoms with Gasteiger partial charge in [-0.15, -0.1) is 0 Å². The number of alkyl halides is 3. The van der Waals surface area contributed by atoms with E-state index in [0.717, 1.165) is 44.9 Å². The van der Waals surface area contributed by atoms with Gasteiger partial charge < -0.3 is 14.7 Å². The van der Waals surface area contributed by atoms with Crippen LogP contribution in [0.1, 0.15) is 62.1 Å². The summed E-state index contributed by atoms with van der Waals surface area (Å²) in [5, 5.41) is 7.12. The minimum absolute atomic E-state index is 0.237. The molecule has 0 radical (unpaired) electrons. The number of fused-ring (bicyclic) bond motifs is 2. The molecule has 2 aliphatic rings. The number of hydrogen-bond donors (Lipinski definition) is 1. The smallest absolute Gasteiger partial charge is 0.490 e. The molecule has 1 aliphatic carbocycles. The average Bonchev–Trinajstić information content (AvgIpc) is 3.19. The Morgan fingerprint density at radius 2 is 1.63 bits per heavy atom. The Balaban J connectivity index is 0.000000505. The first-order valence-corrected chi connectivity index (χ1v) is 13.1. The molecule has 2 aromatic rings. The summed E-state index contributed by atoms with van der Waals surface area (Å²) < 4.78 is 37.0. The number of amides is 1. The Hall–Kier alpha value is -3.07. The number of carboxylic acid groups (broad SMARTS) is 1. The monoisotopic (exact) mass is 534 g/mol. The lowest BCUT2D eigenvalue weighted by Gasteiger charge is -2.40. The van der Waals surface area contributed by atoms with Crippen molar-refractivity contribution in [3.05, 3.63) is 65.2 Å². The number of hydrogen-bond acceptors (Lipinski definition) is 4. The van der Waals surface area contributed by atoms with Gasteiger partial charge in [0.1, 0.15) is 5.75 Å². The van der Waals surface area contributed by atoms with Gasteiger partial charge in [-0.3, -0.25) is 9.69 Å². The van der Waals surface area contributed by atoms with E-state index in [1.807, 2.05) is 17.0 Å². The zero-order chi connectivity index (χ0) is 27.9. The van der Waals surface area contributed by atoms with Gasteiger partial charge in [-0.1, -0.05) is 36.4 Å². The molecule has 208 valence electrons. The maximum Gasteiger partial charge on any atom is 0.490 e. The number of benzene rings is 2. The first-order chi connectivity index (χ1) is 18.0. The highest BCUT2D eigenvalue weighted by molar-refractivity contribution is 5.77. The molecular formula is C29H37F3N2O4. The third-order valence-corrected chi connectivity index (χ3v) is 7.77. The predicted molar refractivity (Wildman–Crippen MR) is 139 cm³/mol. The molecule has 1 fully saturated rings. The van der Waals surface area contributed by atoms with E-state index < -0.39 is 12.1 Å². The fraction of sp³-hybridized carbons (Fsp3) is 0.517. The van der Waals surface area contributed by atoms with Gasteiger partial charge in [0.2, 0.25) is 5.91 Å². The molecule has 1 spiro atoms. The number of rotatable bonds is 7. The van der Waals surface area contributed by atoms with Crippen LogP contribution in [0.5, 0.6) is 5.75 Å². The van der Waals surface area contributed by atoms with E-state index in [1.165, 1.54) is 29.5 Å². The van der Waals surface area contributed by atoms with Crippen LogP contribution in [0.25, 0.3) is 0 Å². The highest BCUT2D eigenvalue weighted by atomic mass is 19.4. The minimum Gasteiger partial charge on any atom is -0.497 e. The molecule has 1 N–H and O–H groups in total. The van der Waals surface area contributed by atoms with E-state index in [-0.39, 0.29) is 5.41 Å². The summed E-state index contributed by atoms with van der Waals surface area (Å²) in [6.07, 6.45) is -0.960. The Bertz CT molecular complexity index is 1080. The molecule has 4 rings (SSSR count). The van der Waals surface area contributed by atoms with Gasteiger partial charge in [0.05, 0.1) is 7.11 Å². The molecule has 1 amide bonds. The van der Waals surface area contributed by atoms with Crippen molar-refractivity contribution in [2.24, 2.45) is 0 Å². The Labute approximate surface area is 222 Å². The van der Waals surface area contributed by atoms with E-state index >= 15 is 0 Å². The molecule has 0 bridgehead atoms. The third kappa shape index (κ3) is 7.07. The van der Waals surface area contributed by atoms with Crippen LogP contribution < -0.4 is 4.74 Å². The fourth-order valence-electron chi connectivity index (χ4n) is 5.73.